The fourth-order valence-electron chi connectivity index (χ4n) is 1.36. The molecule has 4 heteroatoms. The molecule has 0 spiro atoms. The minimum absolute atomic E-state index is 0.513. The lowest BCUT2D eigenvalue weighted by molar-refractivity contribution is 0.163. The number of aliphatic hydroxyl groups excluding tert-OH is 1. The molecule has 2 aromatic heterocycles. The second-order valence-electron chi connectivity index (χ2n) is 3.26. The van der Waals surface area contributed by atoms with Gasteiger partial charge in [0.1, 0.15) is 0 Å². The first-order chi connectivity index (χ1) is 7.36. The molecule has 2 rings (SSSR count). The van der Waals surface area contributed by atoms with Gasteiger partial charge in [-0.05, 0) is 24.3 Å². The van der Waals surface area contributed by atoms with Crippen molar-refractivity contribution in [3.63, 3.8) is 0 Å². The molecule has 0 aromatic carbocycles. The second-order valence-corrected chi connectivity index (χ2v) is 4.30. The number of hydrogen-bond acceptors (Lipinski definition) is 4. The molecule has 0 aliphatic rings. The quantitative estimate of drug-likeness (QED) is 0.859. The van der Waals surface area contributed by atoms with Crippen molar-refractivity contribution in [2.24, 2.45) is 0 Å². The van der Waals surface area contributed by atoms with Gasteiger partial charge in [0.05, 0.1) is 18.0 Å². The van der Waals surface area contributed by atoms with Gasteiger partial charge in [0.15, 0.2) is 0 Å². The highest BCUT2D eigenvalue weighted by Crippen LogP contribution is 2.18. The summed E-state index contributed by atoms with van der Waals surface area (Å²) >= 11 is 1.71. The van der Waals surface area contributed by atoms with Gasteiger partial charge in [-0.1, -0.05) is 6.07 Å². The van der Waals surface area contributed by atoms with Gasteiger partial charge >= 0.3 is 0 Å². The van der Waals surface area contributed by atoms with Gasteiger partial charge < -0.3 is 5.11 Å². The largest absolute Gasteiger partial charge is 0.387 e. The summed E-state index contributed by atoms with van der Waals surface area (Å²) in [6, 6.07) is 4.10. The molecule has 0 amide bonds. The van der Waals surface area contributed by atoms with E-state index >= 15 is 0 Å². The van der Waals surface area contributed by atoms with E-state index in [-0.39, 0.29) is 0 Å². The molecule has 0 radical (unpaired) electrons. The Morgan fingerprint density at radius 3 is 3.00 bits per heavy atom. The summed E-state index contributed by atoms with van der Waals surface area (Å²) in [5, 5.41) is 11.9. The van der Waals surface area contributed by atoms with E-state index in [2.05, 4.69) is 16.0 Å². The van der Waals surface area contributed by atoms with Crippen molar-refractivity contribution in [2.45, 2.75) is 18.9 Å². The summed E-state index contributed by atoms with van der Waals surface area (Å²) in [4.78, 5) is 9.29. The van der Waals surface area contributed by atoms with Gasteiger partial charge in [-0.3, -0.25) is 9.97 Å². The number of aryl methyl sites for hydroxylation is 1. The van der Waals surface area contributed by atoms with Crippen molar-refractivity contribution < 1.29 is 5.11 Å². The van der Waals surface area contributed by atoms with E-state index in [4.69, 9.17) is 0 Å². The smallest absolute Gasteiger partial charge is 0.0978 e. The monoisotopic (exact) mass is 220 g/mol. The van der Waals surface area contributed by atoms with E-state index in [0.717, 1.165) is 6.42 Å². The standard InChI is InChI=1S/C11H12N2OS/c14-11(10-8-12-5-6-13-10)4-3-9-2-1-7-15-9/h1-2,5-8,11,14H,3-4H2. The molecule has 1 atom stereocenters. The van der Waals surface area contributed by atoms with E-state index in [1.54, 1.807) is 29.9 Å². The first-order valence-electron chi connectivity index (χ1n) is 4.82. The van der Waals surface area contributed by atoms with E-state index in [1.165, 1.54) is 4.88 Å². The lowest BCUT2D eigenvalue weighted by atomic mass is 10.1. The Labute approximate surface area is 92.5 Å². The van der Waals surface area contributed by atoms with Crippen LogP contribution < -0.4 is 0 Å². The molecule has 1 N–H and O–H groups in total. The number of thiophene rings is 1. The maximum absolute atomic E-state index is 9.82. The van der Waals surface area contributed by atoms with Crippen LogP contribution in [0.2, 0.25) is 0 Å². The normalized spacial score (nSPS) is 12.6. The van der Waals surface area contributed by atoms with Crippen LogP contribution in [0.1, 0.15) is 23.1 Å². The number of rotatable bonds is 4. The third-order valence-electron chi connectivity index (χ3n) is 2.17. The van der Waals surface area contributed by atoms with Crippen LogP contribution in [0.15, 0.2) is 36.1 Å². The van der Waals surface area contributed by atoms with E-state index in [9.17, 15) is 5.11 Å². The zero-order valence-corrected chi connectivity index (χ0v) is 9.02. The molecule has 0 saturated heterocycles. The molecule has 0 saturated carbocycles. The Balaban J connectivity index is 1.90. The highest BCUT2D eigenvalue weighted by atomic mass is 32.1. The SMILES string of the molecule is OC(CCc1cccs1)c1cnccn1. The summed E-state index contributed by atoms with van der Waals surface area (Å²) in [5.74, 6) is 0. The molecule has 1 unspecified atom stereocenters. The number of hydrogen-bond donors (Lipinski definition) is 1. The molecule has 0 fully saturated rings. The van der Waals surface area contributed by atoms with Gasteiger partial charge in [-0.2, -0.15) is 0 Å². The minimum atomic E-state index is -0.513. The average Bonchev–Trinajstić information content (AvgIpc) is 2.80. The maximum Gasteiger partial charge on any atom is 0.0978 e. The fourth-order valence-corrected chi connectivity index (χ4v) is 2.09. The third-order valence-corrected chi connectivity index (χ3v) is 3.11. The zero-order valence-electron chi connectivity index (χ0n) is 8.21. The van der Waals surface area contributed by atoms with Crippen LogP contribution in [0.25, 0.3) is 0 Å². The summed E-state index contributed by atoms with van der Waals surface area (Å²) in [5.41, 5.74) is 0.647. The number of aliphatic hydroxyl groups is 1. The Morgan fingerprint density at radius 1 is 1.40 bits per heavy atom. The van der Waals surface area contributed by atoms with Crippen molar-refractivity contribution in [1.29, 1.82) is 0 Å². The van der Waals surface area contributed by atoms with Gasteiger partial charge in [-0.15, -0.1) is 11.3 Å². The number of aromatic nitrogens is 2. The van der Waals surface area contributed by atoms with Crippen LogP contribution >= 0.6 is 11.3 Å². The first kappa shape index (κ1) is 10.3. The average molecular weight is 220 g/mol. The lowest BCUT2D eigenvalue weighted by Crippen LogP contribution is -2.01. The zero-order chi connectivity index (χ0) is 10.5. The second kappa shape index (κ2) is 5.00. The number of nitrogens with zero attached hydrogens (tertiary/aromatic N) is 2. The Bertz CT molecular complexity index is 388. The fraction of sp³-hybridized carbons (Fsp3) is 0.273. The van der Waals surface area contributed by atoms with E-state index in [1.807, 2.05) is 11.4 Å². The molecular formula is C11H12N2OS. The maximum atomic E-state index is 9.82. The van der Waals surface area contributed by atoms with Crippen molar-refractivity contribution in [3.05, 3.63) is 46.7 Å². The van der Waals surface area contributed by atoms with Gasteiger partial charge in [0.25, 0.3) is 0 Å². The van der Waals surface area contributed by atoms with Crippen molar-refractivity contribution in [1.82, 2.24) is 9.97 Å². The van der Waals surface area contributed by atoms with E-state index in [0.29, 0.717) is 12.1 Å². The predicted octanol–water partition coefficient (Wildman–Crippen LogP) is 2.20. The predicted molar refractivity (Wildman–Crippen MR) is 59.6 cm³/mol. The molecular weight excluding hydrogens is 208 g/mol. The van der Waals surface area contributed by atoms with Gasteiger partial charge in [0, 0.05) is 17.3 Å². The highest BCUT2D eigenvalue weighted by molar-refractivity contribution is 7.09. The van der Waals surface area contributed by atoms with E-state index < -0.39 is 6.10 Å². The van der Waals surface area contributed by atoms with Crippen LogP contribution in [0, 0.1) is 0 Å². The summed E-state index contributed by atoms with van der Waals surface area (Å²) in [6.45, 7) is 0. The molecule has 78 valence electrons. The molecule has 2 heterocycles. The first-order valence-corrected chi connectivity index (χ1v) is 5.70. The Kier molecular flexibility index (Phi) is 3.42. The van der Waals surface area contributed by atoms with Gasteiger partial charge in [-0.25, -0.2) is 0 Å². The lowest BCUT2D eigenvalue weighted by Gasteiger charge is -2.07. The van der Waals surface area contributed by atoms with Crippen molar-refractivity contribution in [2.75, 3.05) is 0 Å². The van der Waals surface area contributed by atoms with Crippen LogP contribution in [0.5, 0.6) is 0 Å². The Hall–Kier alpha value is -1.26. The van der Waals surface area contributed by atoms with Crippen LogP contribution in [0.3, 0.4) is 0 Å². The molecule has 15 heavy (non-hydrogen) atoms. The molecule has 0 aliphatic carbocycles. The van der Waals surface area contributed by atoms with Crippen LogP contribution in [-0.4, -0.2) is 15.1 Å². The van der Waals surface area contributed by atoms with Crippen molar-refractivity contribution >= 4 is 11.3 Å². The summed E-state index contributed by atoms with van der Waals surface area (Å²) in [7, 11) is 0. The molecule has 2 aromatic rings. The third kappa shape index (κ3) is 2.84. The van der Waals surface area contributed by atoms with Crippen LogP contribution in [0.4, 0.5) is 0 Å². The topological polar surface area (TPSA) is 46.0 Å². The molecule has 0 aliphatic heterocycles. The van der Waals surface area contributed by atoms with Gasteiger partial charge in [0.2, 0.25) is 0 Å². The minimum Gasteiger partial charge on any atom is -0.387 e. The Morgan fingerprint density at radius 2 is 2.33 bits per heavy atom. The van der Waals surface area contributed by atoms with Crippen LogP contribution in [-0.2, 0) is 6.42 Å². The molecule has 0 bridgehead atoms. The summed E-state index contributed by atoms with van der Waals surface area (Å²) in [6.07, 6.45) is 5.88. The molecule has 3 nitrogen and oxygen atoms in total. The van der Waals surface area contributed by atoms with Crippen molar-refractivity contribution in [3.8, 4) is 0 Å². The highest BCUT2D eigenvalue weighted by Gasteiger charge is 2.08. The summed E-state index contributed by atoms with van der Waals surface area (Å²) < 4.78 is 0.